The number of nitrogens with zero attached hydrogens (tertiary/aromatic N) is 2. The van der Waals surface area contributed by atoms with E-state index in [1.54, 1.807) is 26.2 Å². The number of fused-ring (bicyclic) bond motifs is 1. The lowest BCUT2D eigenvalue weighted by molar-refractivity contribution is -0.138. The summed E-state index contributed by atoms with van der Waals surface area (Å²) in [6.07, 6.45) is 5.91. The molecule has 0 bridgehead atoms. The monoisotopic (exact) mass is 571 g/mol. The molecule has 1 heterocycles. The number of guanidine groups is 1. The van der Waals surface area contributed by atoms with Crippen molar-refractivity contribution in [3.05, 3.63) is 23.9 Å². The maximum absolute atomic E-state index is 12.8. The first kappa shape index (κ1) is 27.1. The molecule has 1 saturated carbocycles. The van der Waals surface area contributed by atoms with Crippen molar-refractivity contribution < 1.29 is 14.3 Å². The van der Waals surface area contributed by atoms with Crippen LogP contribution in [0.25, 0.3) is 10.9 Å². The van der Waals surface area contributed by atoms with Crippen LogP contribution >= 0.6 is 24.0 Å². The number of methoxy groups -OCH3 is 2. The van der Waals surface area contributed by atoms with Gasteiger partial charge in [0.2, 0.25) is 5.91 Å². The largest absolute Gasteiger partial charge is 0.497 e. The van der Waals surface area contributed by atoms with Crippen molar-refractivity contribution in [1.29, 1.82) is 0 Å². The SMILES string of the molecule is CN=C(NCCCc1cc2c(OC)cc(OC)cc2[nH]1)NCC1(C(=O)N(C)C)CCCC1.I. The van der Waals surface area contributed by atoms with Crippen LogP contribution in [0, 0.1) is 5.41 Å². The summed E-state index contributed by atoms with van der Waals surface area (Å²) in [5.41, 5.74) is 1.85. The number of halogens is 1. The van der Waals surface area contributed by atoms with Crippen LogP contribution in [0.5, 0.6) is 11.5 Å². The summed E-state index contributed by atoms with van der Waals surface area (Å²) in [6, 6.07) is 6.02. The Morgan fingerprint density at radius 2 is 1.88 bits per heavy atom. The topological polar surface area (TPSA) is 91.0 Å². The Morgan fingerprint density at radius 1 is 1.15 bits per heavy atom. The Kier molecular flexibility index (Phi) is 10.1. The Labute approximate surface area is 213 Å². The Bertz CT molecular complexity index is 951. The first-order chi connectivity index (χ1) is 15.4. The molecule has 0 atom stereocenters. The van der Waals surface area contributed by atoms with Crippen molar-refractivity contribution >= 4 is 46.7 Å². The fraction of sp³-hybridized carbons (Fsp3) is 0.583. The molecule has 9 heteroatoms. The average molecular weight is 572 g/mol. The number of nitrogens with one attached hydrogen (secondary N) is 3. The zero-order valence-corrected chi connectivity index (χ0v) is 22.7. The van der Waals surface area contributed by atoms with Crippen LogP contribution < -0.4 is 20.1 Å². The molecule has 3 rings (SSSR count). The fourth-order valence-electron chi connectivity index (χ4n) is 4.61. The number of aliphatic imine (C=N–C) groups is 1. The summed E-state index contributed by atoms with van der Waals surface area (Å²) < 4.78 is 10.9. The van der Waals surface area contributed by atoms with E-state index in [0.717, 1.165) is 79.1 Å². The van der Waals surface area contributed by atoms with Gasteiger partial charge < -0.3 is 30.0 Å². The molecule has 1 aliphatic carbocycles. The number of carbonyl (C=O) groups excluding carboxylic acids is 1. The number of benzene rings is 1. The highest BCUT2D eigenvalue weighted by molar-refractivity contribution is 14.0. The van der Waals surface area contributed by atoms with Gasteiger partial charge in [-0.05, 0) is 31.7 Å². The predicted octanol–water partition coefficient (Wildman–Crippen LogP) is 3.55. The van der Waals surface area contributed by atoms with Gasteiger partial charge in [-0.15, -0.1) is 24.0 Å². The van der Waals surface area contributed by atoms with E-state index >= 15 is 0 Å². The second-order valence-corrected chi connectivity index (χ2v) is 8.73. The number of hydrogen-bond acceptors (Lipinski definition) is 4. The number of H-pyrrole nitrogens is 1. The minimum atomic E-state index is -0.314. The van der Waals surface area contributed by atoms with Crippen LogP contribution in [0.2, 0.25) is 0 Å². The Morgan fingerprint density at radius 3 is 2.48 bits per heavy atom. The number of aromatic amines is 1. The highest BCUT2D eigenvalue weighted by Crippen LogP contribution is 2.39. The van der Waals surface area contributed by atoms with Gasteiger partial charge in [0.1, 0.15) is 11.5 Å². The molecule has 0 aliphatic heterocycles. The molecule has 3 N–H and O–H groups in total. The molecule has 1 aliphatic rings. The molecule has 0 radical (unpaired) electrons. The maximum Gasteiger partial charge on any atom is 0.230 e. The maximum atomic E-state index is 12.8. The summed E-state index contributed by atoms with van der Waals surface area (Å²) in [4.78, 5) is 22.3. The third-order valence-corrected chi connectivity index (χ3v) is 6.34. The van der Waals surface area contributed by atoms with Gasteiger partial charge in [0.05, 0.1) is 25.2 Å². The van der Waals surface area contributed by atoms with E-state index in [1.165, 1.54) is 0 Å². The molecule has 0 spiro atoms. The molecule has 184 valence electrons. The van der Waals surface area contributed by atoms with Gasteiger partial charge in [-0.3, -0.25) is 9.79 Å². The molecule has 0 unspecified atom stereocenters. The minimum Gasteiger partial charge on any atom is -0.497 e. The number of aryl methyl sites for hydroxylation is 1. The van der Waals surface area contributed by atoms with Crippen LogP contribution in [-0.4, -0.2) is 70.2 Å². The van der Waals surface area contributed by atoms with Crippen molar-refractivity contribution in [2.24, 2.45) is 10.4 Å². The van der Waals surface area contributed by atoms with E-state index in [-0.39, 0.29) is 35.3 Å². The third kappa shape index (κ3) is 6.45. The molecule has 8 nitrogen and oxygen atoms in total. The average Bonchev–Trinajstić information content (AvgIpc) is 3.44. The second kappa shape index (κ2) is 12.3. The van der Waals surface area contributed by atoms with Gasteiger partial charge in [0, 0.05) is 57.4 Å². The van der Waals surface area contributed by atoms with Gasteiger partial charge in [-0.1, -0.05) is 12.8 Å². The summed E-state index contributed by atoms with van der Waals surface area (Å²) in [7, 11) is 8.77. The zero-order chi connectivity index (χ0) is 23.1. The van der Waals surface area contributed by atoms with E-state index < -0.39 is 0 Å². The van der Waals surface area contributed by atoms with Gasteiger partial charge in [-0.25, -0.2) is 0 Å². The van der Waals surface area contributed by atoms with Crippen LogP contribution in [0.15, 0.2) is 23.2 Å². The number of hydrogen-bond donors (Lipinski definition) is 3. The van der Waals surface area contributed by atoms with Gasteiger partial charge in [0.25, 0.3) is 0 Å². The summed E-state index contributed by atoms with van der Waals surface area (Å²) >= 11 is 0. The van der Waals surface area contributed by atoms with Crippen molar-refractivity contribution in [3.63, 3.8) is 0 Å². The normalized spacial score (nSPS) is 15.1. The molecule has 33 heavy (non-hydrogen) atoms. The molecule has 0 saturated heterocycles. The predicted molar refractivity (Wildman–Crippen MR) is 144 cm³/mol. The molecule has 1 aromatic carbocycles. The van der Waals surface area contributed by atoms with Gasteiger partial charge in [-0.2, -0.15) is 0 Å². The summed E-state index contributed by atoms with van der Waals surface area (Å²) in [5, 5.41) is 7.82. The second-order valence-electron chi connectivity index (χ2n) is 8.73. The van der Waals surface area contributed by atoms with Crippen LogP contribution in [0.3, 0.4) is 0 Å². The molecular weight excluding hydrogens is 533 g/mol. The molecule has 2 aromatic rings. The van der Waals surface area contributed by atoms with Crippen molar-refractivity contribution in [3.8, 4) is 11.5 Å². The third-order valence-electron chi connectivity index (χ3n) is 6.34. The first-order valence-corrected chi connectivity index (χ1v) is 11.3. The molecule has 1 aromatic heterocycles. The summed E-state index contributed by atoms with van der Waals surface area (Å²) in [5.74, 6) is 2.53. The number of carbonyl (C=O) groups is 1. The van der Waals surface area contributed by atoms with E-state index in [9.17, 15) is 4.79 Å². The van der Waals surface area contributed by atoms with Crippen LogP contribution in [-0.2, 0) is 11.2 Å². The Hall–Kier alpha value is -2.17. The van der Waals surface area contributed by atoms with E-state index in [1.807, 2.05) is 26.2 Å². The minimum absolute atomic E-state index is 0. The fourth-order valence-corrected chi connectivity index (χ4v) is 4.61. The quantitative estimate of drug-likeness (QED) is 0.186. The van der Waals surface area contributed by atoms with E-state index in [0.29, 0.717) is 6.54 Å². The smallest absolute Gasteiger partial charge is 0.230 e. The number of amides is 1. The first-order valence-electron chi connectivity index (χ1n) is 11.3. The van der Waals surface area contributed by atoms with E-state index in [2.05, 4.69) is 26.7 Å². The highest BCUT2D eigenvalue weighted by Gasteiger charge is 2.42. The summed E-state index contributed by atoms with van der Waals surface area (Å²) in [6.45, 7) is 1.40. The van der Waals surface area contributed by atoms with Gasteiger partial charge in [0.15, 0.2) is 5.96 Å². The lowest BCUT2D eigenvalue weighted by atomic mass is 9.84. The Balaban J connectivity index is 0.00000385. The lowest BCUT2D eigenvalue weighted by Crippen LogP contribution is -2.49. The van der Waals surface area contributed by atoms with E-state index in [4.69, 9.17) is 9.47 Å². The van der Waals surface area contributed by atoms with Crippen molar-refractivity contribution in [1.82, 2.24) is 20.5 Å². The number of rotatable bonds is 9. The standard InChI is InChI=1S/C24H37N5O3.HI/c1-25-23(27-16-24(10-6-7-11-24)22(30)29(2)3)26-12-8-9-17-13-19-20(28-17)14-18(31-4)15-21(19)32-5;/h13-15,28H,6-12,16H2,1-5H3,(H2,25,26,27);1H. The molecule has 1 fully saturated rings. The lowest BCUT2D eigenvalue weighted by Gasteiger charge is -2.31. The van der Waals surface area contributed by atoms with Crippen LogP contribution in [0.1, 0.15) is 37.8 Å². The number of ether oxygens (including phenoxy) is 2. The van der Waals surface area contributed by atoms with Gasteiger partial charge >= 0.3 is 0 Å². The van der Waals surface area contributed by atoms with Crippen molar-refractivity contribution in [2.45, 2.75) is 38.5 Å². The molecule has 1 amide bonds. The molecular formula is C24H38IN5O3. The number of aromatic nitrogens is 1. The van der Waals surface area contributed by atoms with Crippen molar-refractivity contribution in [2.75, 3.05) is 48.5 Å². The highest BCUT2D eigenvalue weighted by atomic mass is 127. The van der Waals surface area contributed by atoms with Crippen LogP contribution in [0.4, 0.5) is 0 Å². The zero-order valence-electron chi connectivity index (χ0n) is 20.4.